The molecule has 0 spiro atoms. The van der Waals surface area contributed by atoms with Crippen LogP contribution < -0.4 is 10.1 Å². The summed E-state index contributed by atoms with van der Waals surface area (Å²) in [6.45, 7) is 4.55. The summed E-state index contributed by atoms with van der Waals surface area (Å²) in [5.74, 6) is -0.564. The molecular weight excluding hydrogens is 514 g/mol. The number of amides is 2. The lowest BCUT2D eigenvalue weighted by Crippen LogP contribution is -2.26. The highest BCUT2D eigenvalue weighted by Gasteiger charge is 2.35. The van der Waals surface area contributed by atoms with E-state index in [1.54, 1.807) is 48.5 Å². The summed E-state index contributed by atoms with van der Waals surface area (Å²) in [7, 11) is 0. The molecule has 0 unspecified atom stereocenters. The van der Waals surface area contributed by atoms with Crippen LogP contribution in [0.5, 0.6) is 5.75 Å². The highest BCUT2D eigenvalue weighted by molar-refractivity contribution is 9.10. The van der Waals surface area contributed by atoms with E-state index in [9.17, 15) is 14.4 Å². The van der Waals surface area contributed by atoms with Crippen molar-refractivity contribution in [2.75, 3.05) is 5.32 Å². The molecule has 1 aliphatic rings. The van der Waals surface area contributed by atoms with E-state index in [4.69, 9.17) is 9.47 Å². The SMILES string of the molecule is CC(=O)Oc1ccc(Br)cc1[C@H]1OC(c2ccc(NC(=O)c3ccccc3C)cc2)=NN1C(C)=O. The summed E-state index contributed by atoms with van der Waals surface area (Å²) in [6, 6.07) is 19.3. The van der Waals surface area contributed by atoms with E-state index in [-0.39, 0.29) is 23.5 Å². The zero-order valence-electron chi connectivity index (χ0n) is 19.2. The van der Waals surface area contributed by atoms with Gasteiger partial charge in [-0.05, 0) is 61.0 Å². The Morgan fingerprint density at radius 3 is 2.40 bits per heavy atom. The largest absolute Gasteiger partial charge is 0.446 e. The monoisotopic (exact) mass is 535 g/mol. The van der Waals surface area contributed by atoms with Crippen molar-refractivity contribution in [3.05, 3.63) is 93.5 Å². The summed E-state index contributed by atoms with van der Waals surface area (Å²) in [6.07, 6.45) is -0.921. The molecule has 4 rings (SSSR count). The number of rotatable bonds is 5. The van der Waals surface area contributed by atoms with E-state index >= 15 is 0 Å². The van der Waals surface area contributed by atoms with Crippen LogP contribution in [-0.2, 0) is 14.3 Å². The fourth-order valence-electron chi connectivity index (χ4n) is 3.57. The minimum absolute atomic E-state index is 0.208. The van der Waals surface area contributed by atoms with Crippen LogP contribution in [0.25, 0.3) is 0 Å². The van der Waals surface area contributed by atoms with Gasteiger partial charge in [-0.25, -0.2) is 0 Å². The molecule has 178 valence electrons. The van der Waals surface area contributed by atoms with Gasteiger partial charge in [0.2, 0.25) is 18.0 Å². The van der Waals surface area contributed by atoms with Crippen LogP contribution in [0.15, 0.2) is 76.3 Å². The van der Waals surface area contributed by atoms with Gasteiger partial charge in [-0.2, -0.15) is 5.01 Å². The van der Waals surface area contributed by atoms with Crippen LogP contribution in [0.1, 0.15) is 47.1 Å². The van der Waals surface area contributed by atoms with Crippen molar-refractivity contribution in [2.45, 2.75) is 27.0 Å². The average molecular weight is 536 g/mol. The smallest absolute Gasteiger partial charge is 0.308 e. The third kappa shape index (κ3) is 5.41. The maximum absolute atomic E-state index is 12.6. The lowest BCUT2D eigenvalue weighted by molar-refractivity contribution is -0.135. The van der Waals surface area contributed by atoms with Crippen molar-refractivity contribution in [3.8, 4) is 5.75 Å². The maximum atomic E-state index is 12.6. The quantitative estimate of drug-likeness (QED) is 0.358. The number of benzene rings is 3. The topological polar surface area (TPSA) is 97.3 Å². The molecule has 2 amide bonds. The Labute approximate surface area is 210 Å². The molecule has 0 bridgehead atoms. The molecule has 0 fully saturated rings. The molecule has 1 aliphatic heterocycles. The van der Waals surface area contributed by atoms with Crippen LogP contribution >= 0.6 is 15.9 Å². The second-order valence-electron chi connectivity index (χ2n) is 7.86. The minimum atomic E-state index is -0.921. The third-order valence-corrected chi connectivity index (χ3v) is 5.73. The molecule has 0 saturated carbocycles. The molecule has 0 radical (unpaired) electrons. The molecule has 9 heteroatoms. The van der Waals surface area contributed by atoms with Crippen molar-refractivity contribution in [1.82, 2.24) is 5.01 Å². The lowest BCUT2D eigenvalue weighted by atomic mass is 10.1. The number of hydrogen-bond acceptors (Lipinski definition) is 6. The minimum Gasteiger partial charge on any atom is -0.446 e. The Kier molecular flexibility index (Phi) is 6.97. The summed E-state index contributed by atoms with van der Waals surface area (Å²) >= 11 is 3.40. The second kappa shape index (κ2) is 10.1. The molecule has 1 heterocycles. The van der Waals surface area contributed by atoms with E-state index in [1.807, 2.05) is 25.1 Å². The van der Waals surface area contributed by atoms with Crippen molar-refractivity contribution < 1.29 is 23.9 Å². The fourth-order valence-corrected chi connectivity index (χ4v) is 3.95. The average Bonchev–Trinajstić information content (AvgIpc) is 3.26. The molecule has 1 N–H and O–H groups in total. The van der Waals surface area contributed by atoms with Gasteiger partial charge in [0.15, 0.2) is 0 Å². The Morgan fingerprint density at radius 2 is 1.74 bits per heavy atom. The standard InChI is InChI=1S/C26H22BrN3O5/c1-15-6-4-5-7-21(15)24(33)28-20-11-8-18(9-12-20)25-29-30(16(2)31)26(35-25)22-14-19(27)10-13-23(22)34-17(3)32/h4-14,26H,1-3H3,(H,28,33)/t26-/m1/s1. The summed E-state index contributed by atoms with van der Waals surface area (Å²) in [5.41, 5.74) is 3.15. The lowest BCUT2D eigenvalue weighted by Gasteiger charge is -2.21. The van der Waals surface area contributed by atoms with Crippen molar-refractivity contribution >= 4 is 45.3 Å². The summed E-state index contributed by atoms with van der Waals surface area (Å²) in [5, 5.41) is 8.42. The first kappa shape index (κ1) is 24.2. The molecule has 1 atom stereocenters. The zero-order valence-corrected chi connectivity index (χ0v) is 20.8. The fraction of sp³-hybridized carbons (Fsp3) is 0.154. The summed E-state index contributed by atoms with van der Waals surface area (Å²) < 4.78 is 12.1. The number of aryl methyl sites for hydroxylation is 1. The number of nitrogens with zero attached hydrogens (tertiary/aromatic N) is 2. The van der Waals surface area contributed by atoms with E-state index in [1.165, 1.54) is 18.9 Å². The molecule has 3 aromatic rings. The van der Waals surface area contributed by atoms with Crippen LogP contribution in [0.2, 0.25) is 0 Å². The number of ether oxygens (including phenoxy) is 2. The van der Waals surface area contributed by atoms with Gasteiger partial charge in [-0.3, -0.25) is 14.4 Å². The Morgan fingerprint density at radius 1 is 1.03 bits per heavy atom. The van der Waals surface area contributed by atoms with Gasteiger partial charge in [-0.15, -0.1) is 5.10 Å². The normalized spacial score (nSPS) is 14.7. The van der Waals surface area contributed by atoms with Crippen LogP contribution in [0.3, 0.4) is 0 Å². The van der Waals surface area contributed by atoms with Crippen LogP contribution in [-0.4, -0.2) is 28.7 Å². The van der Waals surface area contributed by atoms with E-state index < -0.39 is 12.2 Å². The predicted molar refractivity (Wildman–Crippen MR) is 134 cm³/mol. The number of esters is 1. The molecule has 0 aromatic heterocycles. The van der Waals surface area contributed by atoms with Crippen molar-refractivity contribution in [1.29, 1.82) is 0 Å². The van der Waals surface area contributed by atoms with Gasteiger partial charge >= 0.3 is 5.97 Å². The Bertz CT molecular complexity index is 1340. The zero-order chi connectivity index (χ0) is 25.1. The van der Waals surface area contributed by atoms with E-state index in [0.29, 0.717) is 22.4 Å². The number of carbonyl (C=O) groups is 3. The number of hydrazone groups is 1. The molecular formula is C26H22BrN3O5. The van der Waals surface area contributed by atoms with Crippen LogP contribution in [0.4, 0.5) is 5.69 Å². The first-order valence-electron chi connectivity index (χ1n) is 10.7. The maximum Gasteiger partial charge on any atom is 0.308 e. The first-order chi connectivity index (χ1) is 16.7. The number of halogens is 1. The highest BCUT2D eigenvalue weighted by atomic mass is 79.9. The highest BCUT2D eigenvalue weighted by Crippen LogP contribution is 2.37. The number of nitrogens with one attached hydrogen (secondary N) is 1. The van der Waals surface area contributed by atoms with Gasteiger partial charge in [-0.1, -0.05) is 34.1 Å². The number of carbonyl (C=O) groups excluding carboxylic acids is 3. The van der Waals surface area contributed by atoms with Gasteiger partial charge in [0.25, 0.3) is 5.91 Å². The summed E-state index contributed by atoms with van der Waals surface area (Å²) in [4.78, 5) is 36.5. The Hall–Kier alpha value is -3.98. The van der Waals surface area contributed by atoms with E-state index in [0.717, 1.165) is 10.0 Å². The van der Waals surface area contributed by atoms with Gasteiger partial charge in [0.05, 0.1) is 5.56 Å². The van der Waals surface area contributed by atoms with E-state index in [2.05, 4.69) is 26.3 Å². The Balaban J connectivity index is 1.56. The van der Waals surface area contributed by atoms with Crippen LogP contribution in [0, 0.1) is 6.92 Å². The van der Waals surface area contributed by atoms with Crippen molar-refractivity contribution in [2.24, 2.45) is 5.10 Å². The van der Waals surface area contributed by atoms with Gasteiger partial charge < -0.3 is 14.8 Å². The third-order valence-electron chi connectivity index (χ3n) is 5.24. The van der Waals surface area contributed by atoms with Crippen molar-refractivity contribution in [3.63, 3.8) is 0 Å². The first-order valence-corrected chi connectivity index (χ1v) is 11.5. The second-order valence-corrected chi connectivity index (χ2v) is 8.78. The molecule has 35 heavy (non-hydrogen) atoms. The molecule has 0 saturated heterocycles. The van der Waals surface area contributed by atoms with Gasteiger partial charge in [0, 0.05) is 35.1 Å². The van der Waals surface area contributed by atoms with Gasteiger partial charge in [0.1, 0.15) is 5.75 Å². The number of anilines is 1. The predicted octanol–water partition coefficient (Wildman–Crippen LogP) is 5.17. The number of hydrogen-bond donors (Lipinski definition) is 1. The molecule has 0 aliphatic carbocycles. The molecule has 8 nitrogen and oxygen atoms in total. The molecule has 3 aromatic carbocycles.